The maximum Gasteiger partial charge on any atom is 0.492 e. The van der Waals surface area contributed by atoms with Gasteiger partial charge in [0.05, 0.1) is 6.61 Å². The maximum atomic E-state index is 11.3. The highest BCUT2D eigenvalue weighted by Crippen LogP contribution is 2.67. The summed E-state index contributed by atoms with van der Waals surface area (Å²) in [7, 11) is -15.7. The summed E-state index contributed by atoms with van der Waals surface area (Å²) in [5, 5.41) is 0. The van der Waals surface area contributed by atoms with Gasteiger partial charge in [0.15, 0.2) is 0 Å². The second-order valence-electron chi connectivity index (χ2n) is 2.18. The van der Waals surface area contributed by atoms with Crippen molar-refractivity contribution in [3.8, 4) is 0 Å². The Labute approximate surface area is 89.9 Å². The lowest BCUT2D eigenvalue weighted by Gasteiger charge is -2.17. The first-order chi connectivity index (χ1) is 6.97. The van der Waals surface area contributed by atoms with Crippen molar-refractivity contribution in [1.29, 1.82) is 0 Å². The van der Waals surface area contributed by atoms with Crippen LogP contribution in [0.1, 0.15) is 0 Å². The molecule has 0 heterocycles. The lowest BCUT2D eigenvalue weighted by molar-refractivity contribution is 0.176. The molecule has 0 aromatic heterocycles. The third-order valence-corrected chi connectivity index (χ3v) is 4.53. The van der Waals surface area contributed by atoms with Crippen LogP contribution in [0, 0.1) is 0 Å². The zero-order chi connectivity index (χ0) is 13.0. The molecule has 0 amide bonds. The molecule has 16 heavy (non-hydrogen) atoms. The third-order valence-electron chi connectivity index (χ3n) is 0.763. The summed E-state index contributed by atoms with van der Waals surface area (Å²) in [5.74, 6) is 0. The van der Waals surface area contributed by atoms with E-state index in [1.807, 2.05) is 0 Å². The lowest BCUT2D eigenvalue weighted by atomic mass is 10.7. The largest absolute Gasteiger partial charge is 0.492 e. The van der Waals surface area contributed by atoms with Crippen molar-refractivity contribution in [2.45, 2.75) is 0 Å². The minimum Gasteiger partial charge on any atom is -0.302 e. The molecule has 0 radical (unpaired) electrons. The van der Waals surface area contributed by atoms with E-state index in [0.717, 1.165) is 6.08 Å². The predicted octanol–water partition coefficient (Wildman–Crippen LogP) is 0.516. The summed E-state index contributed by atoms with van der Waals surface area (Å²) in [4.78, 5) is 33.3. The molecule has 0 aromatic carbocycles. The van der Waals surface area contributed by atoms with Crippen LogP contribution in [0.2, 0.25) is 0 Å². The number of hydrogen-bond acceptors (Lipinski definition) is 6. The Kier molecular flexibility index (Phi) is 5.71. The Bertz CT molecular complexity index is 347. The van der Waals surface area contributed by atoms with Crippen molar-refractivity contribution in [2.24, 2.45) is 0 Å². The van der Waals surface area contributed by atoms with E-state index < -0.39 is 30.1 Å². The van der Waals surface area contributed by atoms with E-state index in [0.29, 0.717) is 0 Å². The van der Waals surface area contributed by atoms with Crippen LogP contribution in [-0.2, 0) is 26.8 Å². The van der Waals surface area contributed by atoms with Gasteiger partial charge in [-0.25, -0.2) is 13.7 Å². The van der Waals surface area contributed by atoms with Crippen molar-refractivity contribution in [3.63, 3.8) is 0 Å². The smallest absolute Gasteiger partial charge is 0.302 e. The predicted molar refractivity (Wildman–Crippen MR) is 50.0 cm³/mol. The van der Waals surface area contributed by atoms with Gasteiger partial charge in [0, 0.05) is 0 Å². The van der Waals surface area contributed by atoms with E-state index in [1.54, 1.807) is 0 Å². The van der Waals surface area contributed by atoms with E-state index >= 15 is 0 Å². The average molecular weight is 298 g/mol. The number of phosphoric acid groups is 3. The summed E-state index contributed by atoms with van der Waals surface area (Å²) in [6, 6.07) is 0. The highest BCUT2D eigenvalue weighted by atomic mass is 31.3. The molecule has 0 spiro atoms. The second kappa shape index (κ2) is 5.66. The quantitative estimate of drug-likeness (QED) is 0.385. The highest BCUT2D eigenvalue weighted by molar-refractivity contribution is 7.66. The molecule has 96 valence electrons. The molecule has 0 fully saturated rings. The zero-order valence-corrected chi connectivity index (χ0v) is 10.3. The molecule has 0 aromatic rings. The van der Waals surface area contributed by atoms with E-state index in [9.17, 15) is 13.7 Å². The van der Waals surface area contributed by atoms with Crippen molar-refractivity contribution in [1.82, 2.24) is 0 Å². The Morgan fingerprint density at radius 2 is 1.38 bits per heavy atom. The summed E-state index contributed by atoms with van der Waals surface area (Å²) in [5.41, 5.74) is 0. The summed E-state index contributed by atoms with van der Waals surface area (Å²) in [6.45, 7) is 2.55. The zero-order valence-electron chi connectivity index (χ0n) is 7.57. The van der Waals surface area contributed by atoms with E-state index in [1.165, 1.54) is 0 Å². The molecule has 0 aliphatic carbocycles. The minimum atomic E-state index is -5.30. The summed E-state index contributed by atoms with van der Waals surface area (Å²) < 4.78 is 43.2. The van der Waals surface area contributed by atoms with Crippen LogP contribution < -0.4 is 0 Å². The minimum absolute atomic E-state index is 0.558. The van der Waals surface area contributed by atoms with Gasteiger partial charge in [-0.3, -0.25) is 4.52 Å². The summed E-state index contributed by atoms with van der Waals surface area (Å²) >= 11 is 0. The first kappa shape index (κ1) is 16.1. The van der Waals surface area contributed by atoms with Crippen molar-refractivity contribution in [2.75, 3.05) is 6.61 Å². The van der Waals surface area contributed by atoms with E-state index in [4.69, 9.17) is 19.6 Å². The van der Waals surface area contributed by atoms with Gasteiger partial charge in [-0.1, -0.05) is 6.08 Å². The van der Waals surface area contributed by atoms with Gasteiger partial charge in [-0.2, -0.15) is 8.62 Å². The molecule has 0 atom stereocenters. The monoisotopic (exact) mass is 298 g/mol. The molecule has 0 saturated heterocycles. The first-order valence-electron chi connectivity index (χ1n) is 3.37. The van der Waals surface area contributed by atoms with Crippen LogP contribution in [0.15, 0.2) is 12.7 Å². The van der Waals surface area contributed by atoms with Crippen LogP contribution in [0.5, 0.6) is 0 Å². The fraction of sp³-hybridized carbons (Fsp3) is 0.333. The summed E-state index contributed by atoms with van der Waals surface area (Å²) in [6.07, 6.45) is 0.999. The van der Waals surface area contributed by atoms with Crippen molar-refractivity contribution < 1.29 is 46.4 Å². The van der Waals surface area contributed by atoms with Gasteiger partial charge < -0.3 is 19.6 Å². The number of hydrogen-bond donors (Lipinski definition) is 4. The Morgan fingerprint density at radius 1 is 1.00 bits per heavy atom. The molecule has 0 saturated carbocycles. The van der Waals surface area contributed by atoms with Crippen LogP contribution >= 0.6 is 23.5 Å². The molecule has 0 unspecified atom stereocenters. The van der Waals surface area contributed by atoms with Gasteiger partial charge in [0.25, 0.3) is 0 Å². The molecule has 0 aliphatic heterocycles. The van der Waals surface area contributed by atoms with Crippen LogP contribution in [0.4, 0.5) is 0 Å². The van der Waals surface area contributed by atoms with Gasteiger partial charge >= 0.3 is 23.5 Å². The standard InChI is InChI=1S/C3H9O10P3/c1-2-3-11-16(10,12-14(4,5)6)13-15(7,8)9/h2H,1,3H2,(H2,4,5,6)(H2,7,8,9). The molecule has 0 aliphatic rings. The van der Waals surface area contributed by atoms with E-state index in [2.05, 4.69) is 19.7 Å². The molecule has 13 heteroatoms. The van der Waals surface area contributed by atoms with Crippen molar-refractivity contribution >= 4 is 23.5 Å². The second-order valence-corrected chi connectivity index (χ2v) is 6.60. The first-order valence-corrected chi connectivity index (χ1v) is 7.89. The Hall–Kier alpha value is 0.150. The normalized spacial score (nSPS) is 13.8. The van der Waals surface area contributed by atoms with Gasteiger partial charge in [0.2, 0.25) is 0 Å². The lowest BCUT2D eigenvalue weighted by Crippen LogP contribution is -1.98. The molecule has 0 bridgehead atoms. The van der Waals surface area contributed by atoms with Gasteiger partial charge in [-0.15, -0.1) is 6.58 Å². The Morgan fingerprint density at radius 3 is 1.62 bits per heavy atom. The SMILES string of the molecule is C=CCOP(=O)(OP(=O)(O)O)OP(=O)(O)O. The fourth-order valence-electron chi connectivity index (χ4n) is 0.467. The molecular weight excluding hydrogens is 289 g/mol. The maximum absolute atomic E-state index is 11.3. The highest BCUT2D eigenvalue weighted by Gasteiger charge is 2.41. The molecular formula is C3H9O10P3. The van der Waals surface area contributed by atoms with Crippen LogP contribution in [0.3, 0.4) is 0 Å². The topological polar surface area (TPSA) is 160 Å². The van der Waals surface area contributed by atoms with Crippen molar-refractivity contribution in [3.05, 3.63) is 12.7 Å². The fourth-order valence-corrected chi connectivity index (χ4v) is 3.60. The molecule has 4 N–H and O–H groups in total. The molecule has 0 rings (SSSR count). The van der Waals surface area contributed by atoms with Gasteiger partial charge in [0.1, 0.15) is 0 Å². The average Bonchev–Trinajstić information content (AvgIpc) is 1.93. The van der Waals surface area contributed by atoms with E-state index in [-0.39, 0.29) is 0 Å². The Balaban J connectivity index is 4.89. The molecule has 10 nitrogen and oxygen atoms in total. The van der Waals surface area contributed by atoms with Gasteiger partial charge in [-0.05, 0) is 0 Å². The third kappa shape index (κ3) is 8.32. The van der Waals surface area contributed by atoms with Crippen LogP contribution in [0.25, 0.3) is 0 Å². The number of rotatable bonds is 7. The van der Waals surface area contributed by atoms with Crippen LogP contribution in [-0.4, -0.2) is 26.2 Å².